The summed E-state index contributed by atoms with van der Waals surface area (Å²) in [4.78, 5) is 36.5. The Bertz CT molecular complexity index is 1090. The number of hydrogen-bond acceptors (Lipinski definition) is 5. The van der Waals surface area contributed by atoms with Gasteiger partial charge in [-0.15, -0.1) is 0 Å². The van der Waals surface area contributed by atoms with Crippen molar-refractivity contribution in [1.82, 2.24) is 14.9 Å². The highest BCUT2D eigenvalue weighted by Gasteiger charge is 2.33. The molecular formula is C24H29N3O5S. The van der Waals surface area contributed by atoms with E-state index in [-0.39, 0.29) is 41.5 Å². The first-order valence-corrected chi connectivity index (χ1v) is 12.4. The summed E-state index contributed by atoms with van der Waals surface area (Å²) in [5, 5.41) is 5.54. The fraction of sp³-hybridized carbons (Fsp3) is 0.375. The predicted octanol–water partition coefficient (Wildman–Crippen LogP) is 2.11. The van der Waals surface area contributed by atoms with E-state index in [0.29, 0.717) is 24.9 Å². The molecule has 2 aromatic carbocycles. The molecular weight excluding hydrogens is 442 g/mol. The molecule has 1 aliphatic rings. The molecule has 0 radical (unpaired) electrons. The zero-order valence-corrected chi connectivity index (χ0v) is 19.6. The van der Waals surface area contributed by atoms with Crippen molar-refractivity contribution < 1.29 is 22.8 Å². The Labute approximate surface area is 194 Å². The van der Waals surface area contributed by atoms with E-state index in [1.807, 2.05) is 30.3 Å². The first kappa shape index (κ1) is 24.6. The molecule has 2 aromatic rings. The second kappa shape index (κ2) is 10.7. The van der Waals surface area contributed by atoms with Gasteiger partial charge in [0.05, 0.1) is 4.90 Å². The summed E-state index contributed by atoms with van der Waals surface area (Å²) in [5.41, 5.74) is 1.42. The summed E-state index contributed by atoms with van der Waals surface area (Å²) in [7, 11) is -3.70. The highest BCUT2D eigenvalue weighted by Crippen LogP contribution is 2.24. The smallest absolute Gasteiger partial charge is 0.243 e. The number of piperidine rings is 1. The maximum atomic E-state index is 12.9. The Morgan fingerprint density at radius 1 is 1.00 bits per heavy atom. The summed E-state index contributed by atoms with van der Waals surface area (Å²) >= 11 is 0. The van der Waals surface area contributed by atoms with E-state index in [4.69, 9.17) is 0 Å². The lowest BCUT2D eigenvalue weighted by molar-refractivity contribution is -0.131. The summed E-state index contributed by atoms with van der Waals surface area (Å²) in [5.74, 6) is -1.02. The van der Waals surface area contributed by atoms with Crippen molar-refractivity contribution in [2.24, 2.45) is 5.92 Å². The van der Waals surface area contributed by atoms with E-state index in [0.717, 1.165) is 5.56 Å². The van der Waals surface area contributed by atoms with E-state index in [9.17, 15) is 22.8 Å². The second-order valence-corrected chi connectivity index (χ2v) is 10.1. The number of carbonyl (C=O) groups excluding carboxylic acids is 3. The van der Waals surface area contributed by atoms with Gasteiger partial charge in [0, 0.05) is 31.1 Å². The Kier molecular flexibility index (Phi) is 7.99. The van der Waals surface area contributed by atoms with Gasteiger partial charge in [-0.25, -0.2) is 8.42 Å². The zero-order valence-electron chi connectivity index (χ0n) is 18.8. The topological polar surface area (TPSA) is 113 Å². The van der Waals surface area contributed by atoms with Crippen molar-refractivity contribution in [3.8, 4) is 0 Å². The van der Waals surface area contributed by atoms with Crippen molar-refractivity contribution in [3.63, 3.8) is 0 Å². The van der Waals surface area contributed by atoms with Crippen LogP contribution in [-0.4, -0.2) is 49.5 Å². The Morgan fingerprint density at radius 2 is 1.61 bits per heavy atom. The van der Waals surface area contributed by atoms with E-state index < -0.39 is 16.1 Å². The minimum Gasteiger partial charge on any atom is -0.350 e. The van der Waals surface area contributed by atoms with Crippen LogP contribution < -0.4 is 10.6 Å². The molecule has 176 valence electrons. The lowest BCUT2D eigenvalue weighted by atomic mass is 9.97. The number of amides is 2. The van der Waals surface area contributed by atoms with Crippen molar-refractivity contribution in [2.45, 2.75) is 44.2 Å². The highest BCUT2D eigenvalue weighted by atomic mass is 32.2. The predicted molar refractivity (Wildman–Crippen MR) is 124 cm³/mol. The average molecular weight is 472 g/mol. The van der Waals surface area contributed by atoms with Gasteiger partial charge in [-0.1, -0.05) is 42.5 Å². The standard InChI is InChI=1S/C24H29N3O5S/c1-17(23(29)25-16-19-6-4-3-5-7-19)26-24(30)21-12-14-27(15-13-21)33(31,32)22-10-8-20(9-11-22)18(2)28/h3-11,17,21H,12-16H2,1-2H3,(H,25,29)(H,26,30). The van der Waals surface area contributed by atoms with Crippen molar-refractivity contribution in [2.75, 3.05) is 13.1 Å². The quantitative estimate of drug-likeness (QED) is 0.573. The van der Waals surface area contributed by atoms with E-state index in [1.54, 1.807) is 6.92 Å². The van der Waals surface area contributed by atoms with Gasteiger partial charge in [0.2, 0.25) is 21.8 Å². The second-order valence-electron chi connectivity index (χ2n) is 8.19. The van der Waals surface area contributed by atoms with Gasteiger partial charge in [-0.3, -0.25) is 14.4 Å². The Hall–Kier alpha value is -3.04. The molecule has 2 amide bonds. The monoisotopic (exact) mass is 471 g/mol. The first-order valence-electron chi connectivity index (χ1n) is 10.9. The minimum absolute atomic E-state index is 0.124. The van der Waals surface area contributed by atoms with Gasteiger partial charge in [0.25, 0.3) is 0 Å². The summed E-state index contributed by atoms with van der Waals surface area (Å²) in [6.07, 6.45) is 0.740. The minimum atomic E-state index is -3.70. The van der Waals surface area contributed by atoms with Gasteiger partial charge < -0.3 is 10.6 Å². The molecule has 9 heteroatoms. The first-order chi connectivity index (χ1) is 15.7. The number of rotatable bonds is 8. The number of benzene rings is 2. The molecule has 33 heavy (non-hydrogen) atoms. The highest BCUT2D eigenvalue weighted by molar-refractivity contribution is 7.89. The number of Topliss-reactive ketones (excluding diaryl/α,β-unsaturated/α-hetero) is 1. The van der Waals surface area contributed by atoms with Crippen LogP contribution in [0, 0.1) is 5.92 Å². The fourth-order valence-corrected chi connectivity index (χ4v) is 5.17. The van der Waals surface area contributed by atoms with Crippen LogP contribution in [0.5, 0.6) is 0 Å². The molecule has 3 rings (SSSR count). The van der Waals surface area contributed by atoms with Crippen LogP contribution in [0.2, 0.25) is 0 Å². The zero-order chi connectivity index (χ0) is 24.0. The van der Waals surface area contributed by atoms with Crippen molar-refractivity contribution in [3.05, 3.63) is 65.7 Å². The maximum Gasteiger partial charge on any atom is 0.243 e. The average Bonchev–Trinajstić information content (AvgIpc) is 2.83. The van der Waals surface area contributed by atoms with E-state index in [2.05, 4.69) is 10.6 Å². The molecule has 1 atom stereocenters. The molecule has 0 spiro atoms. The molecule has 1 heterocycles. The molecule has 2 N–H and O–H groups in total. The third kappa shape index (κ3) is 6.27. The van der Waals surface area contributed by atoms with Gasteiger partial charge in [0.1, 0.15) is 6.04 Å². The third-order valence-electron chi connectivity index (χ3n) is 5.78. The van der Waals surface area contributed by atoms with Crippen LogP contribution in [0.4, 0.5) is 0 Å². The van der Waals surface area contributed by atoms with Crippen LogP contribution in [0.3, 0.4) is 0 Å². The van der Waals surface area contributed by atoms with Gasteiger partial charge in [-0.05, 0) is 44.4 Å². The number of carbonyl (C=O) groups is 3. The largest absolute Gasteiger partial charge is 0.350 e. The molecule has 0 bridgehead atoms. The normalized spacial score (nSPS) is 16.1. The molecule has 1 aliphatic heterocycles. The number of ketones is 1. The van der Waals surface area contributed by atoms with Crippen LogP contribution in [-0.2, 0) is 26.2 Å². The van der Waals surface area contributed by atoms with Crippen LogP contribution in [0.25, 0.3) is 0 Å². The molecule has 0 saturated carbocycles. The Balaban J connectivity index is 1.49. The number of nitrogens with one attached hydrogen (secondary N) is 2. The van der Waals surface area contributed by atoms with Crippen LogP contribution in [0.1, 0.15) is 42.6 Å². The van der Waals surface area contributed by atoms with E-state index >= 15 is 0 Å². The molecule has 0 aliphatic carbocycles. The van der Waals surface area contributed by atoms with Gasteiger partial charge in [0.15, 0.2) is 5.78 Å². The number of hydrogen-bond donors (Lipinski definition) is 2. The molecule has 1 unspecified atom stereocenters. The Morgan fingerprint density at radius 3 is 2.18 bits per heavy atom. The molecule has 1 saturated heterocycles. The summed E-state index contributed by atoms with van der Waals surface area (Å²) in [6, 6.07) is 14.7. The number of sulfonamides is 1. The number of nitrogens with zero attached hydrogens (tertiary/aromatic N) is 1. The maximum absolute atomic E-state index is 12.9. The molecule has 1 fully saturated rings. The third-order valence-corrected chi connectivity index (χ3v) is 7.70. The fourth-order valence-electron chi connectivity index (χ4n) is 3.70. The van der Waals surface area contributed by atoms with Crippen molar-refractivity contribution >= 4 is 27.6 Å². The van der Waals surface area contributed by atoms with Crippen LogP contribution in [0.15, 0.2) is 59.5 Å². The molecule has 8 nitrogen and oxygen atoms in total. The van der Waals surface area contributed by atoms with E-state index in [1.165, 1.54) is 35.5 Å². The van der Waals surface area contributed by atoms with Gasteiger partial charge >= 0.3 is 0 Å². The van der Waals surface area contributed by atoms with Gasteiger partial charge in [-0.2, -0.15) is 4.31 Å². The SMILES string of the molecule is CC(=O)c1ccc(S(=O)(=O)N2CCC(C(=O)NC(C)C(=O)NCc3ccccc3)CC2)cc1. The van der Waals surface area contributed by atoms with Crippen LogP contribution >= 0.6 is 0 Å². The lowest BCUT2D eigenvalue weighted by Crippen LogP contribution is -2.49. The summed E-state index contributed by atoms with van der Waals surface area (Å²) in [6.45, 7) is 3.85. The summed E-state index contributed by atoms with van der Waals surface area (Å²) < 4.78 is 27.1. The van der Waals surface area contributed by atoms with Crippen molar-refractivity contribution in [1.29, 1.82) is 0 Å². The lowest BCUT2D eigenvalue weighted by Gasteiger charge is -2.31. The molecule has 0 aromatic heterocycles.